The van der Waals surface area contributed by atoms with Gasteiger partial charge in [-0.05, 0) is 41.5 Å². The van der Waals surface area contributed by atoms with Crippen LogP contribution in [0, 0.1) is 0 Å². The first-order valence-electron chi connectivity index (χ1n) is 5.06. The number of hydrogen-bond acceptors (Lipinski definition) is 2. The summed E-state index contributed by atoms with van der Waals surface area (Å²) < 4.78 is 60.4. The highest BCUT2D eigenvalue weighted by atomic mass is 31.2. The van der Waals surface area contributed by atoms with Gasteiger partial charge in [-0.2, -0.15) is 17.7 Å². The van der Waals surface area contributed by atoms with E-state index in [0.29, 0.717) is 0 Å². The Kier molecular flexibility index (Phi) is 6.10. The Morgan fingerprint density at radius 1 is 1.11 bits per heavy atom. The molecule has 0 aliphatic carbocycles. The van der Waals surface area contributed by atoms with Crippen LogP contribution in [0.25, 0.3) is 0 Å². The Balaban J connectivity index is 5.18. The minimum Gasteiger partial charge on any atom is -0.335 e. The fourth-order valence-corrected chi connectivity index (χ4v) is 5.96. The highest BCUT2D eigenvalue weighted by molar-refractivity contribution is 7.70. The van der Waals surface area contributed by atoms with Crippen molar-refractivity contribution >= 4 is 14.9 Å². The number of halogens is 3. The van der Waals surface area contributed by atoms with Crippen molar-refractivity contribution in [1.82, 2.24) is 9.34 Å². The molecule has 0 atom stereocenters. The lowest BCUT2D eigenvalue weighted by Gasteiger charge is -2.29. The largest absolute Gasteiger partial charge is 0.412 e. The molecule has 18 heavy (non-hydrogen) atoms. The smallest absolute Gasteiger partial charge is 0.335 e. The number of nitrogens with zero attached hydrogens (tertiary/aromatic N) is 3. The summed E-state index contributed by atoms with van der Waals surface area (Å²) in [6, 6.07) is 0. The quantitative estimate of drug-likeness (QED) is 0.732. The first-order chi connectivity index (χ1) is 7.80. The molecular formula is C8H20F3N3O2P2. The third-order valence-corrected chi connectivity index (χ3v) is 7.42. The lowest BCUT2D eigenvalue weighted by atomic mass is 10.7. The predicted molar refractivity (Wildman–Crippen MR) is 68.2 cm³/mol. The first kappa shape index (κ1) is 18.1. The predicted octanol–water partition coefficient (Wildman–Crippen LogP) is 3.17. The van der Waals surface area contributed by atoms with Crippen LogP contribution in [0.4, 0.5) is 13.2 Å². The van der Waals surface area contributed by atoms with Gasteiger partial charge in [0, 0.05) is 0 Å². The molecule has 0 aromatic rings. The summed E-state index contributed by atoms with van der Waals surface area (Å²) in [6.45, 7) is 1.54. The molecular weight excluding hydrogens is 289 g/mol. The Bertz CT molecular complexity index is 364. The summed E-state index contributed by atoms with van der Waals surface area (Å²) in [5.41, 5.74) is 0. The van der Waals surface area contributed by atoms with Crippen LogP contribution < -0.4 is 0 Å². The second-order valence-electron chi connectivity index (χ2n) is 4.48. The second kappa shape index (κ2) is 6.06. The second-order valence-corrected chi connectivity index (χ2v) is 10.7. The molecule has 0 bridgehead atoms. The van der Waals surface area contributed by atoms with Gasteiger partial charge in [-0.25, -0.2) is 9.34 Å². The van der Waals surface area contributed by atoms with Crippen molar-refractivity contribution in [2.24, 2.45) is 4.52 Å². The molecule has 0 saturated carbocycles. The van der Waals surface area contributed by atoms with Gasteiger partial charge in [-0.3, -0.25) is 4.57 Å². The molecule has 0 unspecified atom stereocenters. The van der Waals surface area contributed by atoms with E-state index in [1.54, 1.807) is 28.2 Å². The van der Waals surface area contributed by atoms with Crippen LogP contribution in [0.2, 0.25) is 0 Å². The minimum absolute atomic E-state index is 1.38. The summed E-state index contributed by atoms with van der Waals surface area (Å²) in [7, 11) is 0.326. The van der Waals surface area contributed by atoms with Crippen molar-refractivity contribution < 1.29 is 22.3 Å². The molecule has 0 amide bonds. The lowest BCUT2D eigenvalue weighted by molar-refractivity contribution is -0.152. The first-order valence-corrected chi connectivity index (χ1v) is 9.18. The van der Waals surface area contributed by atoms with Crippen LogP contribution in [0.3, 0.4) is 0 Å². The molecule has 5 nitrogen and oxygen atoms in total. The van der Waals surface area contributed by atoms with E-state index in [4.69, 9.17) is 4.52 Å². The van der Waals surface area contributed by atoms with E-state index in [1.165, 1.54) is 22.7 Å². The van der Waals surface area contributed by atoms with E-state index in [9.17, 15) is 17.7 Å². The summed E-state index contributed by atoms with van der Waals surface area (Å²) in [4.78, 5) is 0. The van der Waals surface area contributed by atoms with Crippen LogP contribution in [0.1, 0.15) is 0 Å². The third-order valence-electron chi connectivity index (χ3n) is 1.92. The van der Waals surface area contributed by atoms with Crippen LogP contribution in [0.15, 0.2) is 4.52 Å². The van der Waals surface area contributed by atoms with Gasteiger partial charge in [0.1, 0.15) is 6.61 Å². The van der Waals surface area contributed by atoms with Gasteiger partial charge in [0.25, 0.3) is 0 Å². The monoisotopic (exact) mass is 309 g/mol. The van der Waals surface area contributed by atoms with Gasteiger partial charge < -0.3 is 4.52 Å². The summed E-state index contributed by atoms with van der Waals surface area (Å²) >= 11 is 0. The van der Waals surface area contributed by atoms with Crippen LogP contribution in [-0.4, -0.2) is 63.6 Å². The molecule has 0 rings (SSSR count). The average Bonchev–Trinajstić information content (AvgIpc) is 2.12. The topological polar surface area (TPSA) is 45.1 Å². The molecule has 0 spiro atoms. The summed E-state index contributed by atoms with van der Waals surface area (Å²) in [5, 5.41) is 0. The normalized spacial score (nSPS) is 14.4. The van der Waals surface area contributed by atoms with Gasteiger partial charge in [0.15, 0.2) is 0 Å². The minimum atomic E-state index is -4.41. The number of alkyl halides is 3. The molecule has 0 radical (unpaired) electrons. The van der Waals surface area contributed by atoms with Crippen molar-refractivity contribution in [2.75, 3.05) is 48.1 Å². The van der Waals surface area contributed by atoms with Crippen molar-refractivity contribution in [1.29, 1.82) is 0 Å². The highest BCUT2D eigenvalue weighted by Crippen LogP contribution is 2.61. The lowest BCUT2D eigenvalue weighted by Crippen LogP contribution is -2.20. The molecule has 0 heterocycles. The molecule has 0 N–H and O–H groups in total. The fraction of sp³-hybridized carbons (Fsp3) is 1.00. The van der Waals surface area contributed by atoms with Gasteiger partial charge in [-0.1, -0.05) is 0 Å². The van der Waals surface area contributed by atoms with Crippen molar-refractivity contribution in [3.63, 3.8) is 0 Å². The zero-order chi connectivity index (χ0) is 14.8. The van der Waals surface area contributed by atoms with Gasteiger partial charge >= 0.3 is 13.8 Å². The van der Waals surface area contributed by atoms with Gasteiger partial charge in [0.2, 0.25) is 0 Å². The summed E-state index contributed by atoms with van der Waals surface area (Å²) in [6.07, 6.45) is -4.41. The molecule has 0 aliphatic rings. The fourth-order valence-electron chi connectivity index (χ4n) is 1.06. The van der Waals surface area contributed by atoms with E-state index in [2.05, 4.69) is 4.52 Å². The van der Waals surface area contributed by atoms with E-state index >= 15 is 0 Å². The summed E-state index contributed by atoms with van der Waals surface area (Å²) in [5.74, 6) is 0. The standard InChI is InChI=1S/C8H20F3N3O2P2/c1-13(2)18(15,14(3)4)12-17(5,6)16-7-8(9,10)11/h7H2,1-6H3. The maximum absolute atomic E-state index is 12.5. The number of hydrogen-bond donors (Lipinski definition) is 0. The molecule has 0 aliphatic heterocycles. The average molecular weight is 309 g/mol. The van der Waals surface area contributed by atoms with Gasteiger partial charge in [-0.15, -0.1) is 0 Å². The molecule has 0 aromatic heterocycles. The molecule has 0 aromatic carbocycles. The third kappa shape index (κ3) is 5.85. The Hall–Kier alpha value is 0.130. The van der Waals surface area contributed by atoms with Crippen LogP contribution >= 0.6 is 14.9 Å². The van der Waals surface area contributed by atoms with Crippen molar-refractivity contribution in [3.8, 4) is 0 Å². The molecule has 110 valence electrons. The molecule has 0 fully saturated rings. The van der Waals surface area contributed by atoms with Crippen molar-refractivity contribution in [2.45, 2.75) is 6.18 Å². The maximum atomic E-state index is 12.5. The van der Waals surface area contributed by atoms with E-state index in [1.807, 2.05) is 0 Å². The van der Waals surface area contributed by atoms with E-state index < -0.39 is 27.7 Å². The Labute approximate surface area is 106 Å². The Morgan fingerprint density at radius 2 is 1.50 bits per heavy atom. The van der Waals surface area contributed by atoms with Crippen LogP contribution in [0.5, 0.6) is 0 Å². The Morgan fingerprint density at radius 3 is 1.78 bits per heavy atom. The zero-order valence-corrected chi connectivity index (χ0v) is 13.2. The maximum Gasteiger partial charge on any atom is 0.412 e. The van der Waals surface area contributed by atoms with Crippen molar-refractivity contribution in [3.05, 3.63) is 0 Å². The van der Waals surface area contributed by atoms with Crippen LogP contribution in [-0.2, 0) is 9.09 Å². The SMILES string of the molecule is CN(C)P(=O)(N=P(C)(C)OCC(F)(F)F)N(C)C. The number of rotatable bonds is 5. The van der Waals surface area contributed by atoms with Gasteiger partial charge in [0.05, 0.1) is 7.28 Å². The molecule has 10 heteroatoms. The molecule has 0 saturated heterocycles. The highest BCUT2D eigenvalue weighted by Gasteiger charge is 2.33. The van der Waals surface area contributed by atoms with E-state index in [0.717, 1.165) is 0 Å². The van der Waals surface area contributed by atoms with E-state index in [-0.39, 0.29) is 0 Å². The zero-order valence-electron chi connectivity index (χ0n) is 11.4.